The van der Waals surface area contributed by atoms with Crippen molar-refractivity contribution in [3.05, 3.63) is 29.6 Å². The van der Waals surface area contributed by atoms with Crippen molar-refractivity contribution in [1.82, 2.24) is 5.32 Å². The van der Waals surface area contributed by atoms with Crippen molar-refractivity contribution < 1.29 is 13.2 Å². The predicted molar refractivity (Wildman–Crippen MR) is 79.0 cm³/mol. The van der Waals surface area contributed by atoms with Gasteiger partial charge in [0.15, 0.2) is 17.5 Å². The van der Waals surface area contributed by atoms with Gasteiger partial charge >= 0.3 is 0 Å². The highest BCUT2D eigenvalue weighted by Gasteiger charge is 2.33. The van der Waals surface area contributed by atoms with Crippen LogP contribution in [0, 0.1) is 23.4 Å². The number of nitrogens with zero attached hydrogens (tertiary/aromatic N) is 1. The van der Waals surface area contributed by atoms with E-state index in [1.54, 1.807) is 0 Å². The van der Waals surface area contributed by atoms with Crippen LogP contribution < -0.4 is 10.2 Å². The lowest BCUT2D eigenvalue weighted by Crippen LogP contribution is -2.54. The van der Waals surface area contributed by atoms with Crippen molar-refractivity contribution in [3.63, 3.8) is 0 Å². The summed E-state index contributed by atoms with van der Waals surface area (Å²) in [6.07, 6.45) is 1.93. The van der Waals surface area contributed by atoms with E-state index in [9.17, 15) is 13.2 Å². The zero-order valence-corrected chi connectivity index (χ0v) is 12.8. The molecule has 1 aromatic carbocycles. The summed E-state index contributed by atoms with van der Waals surface area (Å²) in [6.45, 7) is 7.83. The zero-order valence-electron chi connectivity index (χ0n) is 12.8. The molecule has 2 nitrogen and oxygen atoms in total. The molecular formula is C16H23F3N2. The Morgan fingerprint density at radius 3 is 2.57 bits per heavy atom. The van der Waals surface area contributed by atoms with E-state index in [4.69, 9.17) is 0 Å². The Hall–Kier alpha value is -1.23. The van der Waals surface area contributed by atoms with Crippen LogP contribution in [0.4, 0.5) is 18.9 Å². The van der Waals surface area contributed by atoms with Gasteiger partial charge in [-0.05, 0) is 44.4 Å². The lowest BCUT2D eigenvalue weighted by Gasteiger charge is -2.44. The van der Waals surface area contributed by atoms with Crippen LogP contribution in [0.15, 0.2) is 12.1 Å². The maximum Gasteiger partial charge on any atom is 0.196 e. The molecule has 2 rings (SSSR count). The molecule has 0 amide bonds. The summed E-state index contributed by atoms with van der Waals surface area (Å²) < 4.78 is 40.5. The molecule has 21 heavy (non-hydrogen) atoms. The van der Waals surface area contributed by atoms with Gasteiger partial charge in [-0.15, -0.1) is 0 Å². The average Bonchev–Trinajstić information content (AvgIpc) is 2.47. The number of hydrogen-bond acceptors (Lipinski definition) is 2. The molecule has 1 fully saturated rings. The van der Waals surface area contributed by atoms with E-state index in [-0.39, 0.29) is 11.7 Å². The van der Waals surface area contributed by atoms with Gasteiger partial charge in [0.1, 0.15) is 0 Å². The maximum atomic E-state index is 14.0. The van der Waals surface area contributed by atoms with E-state index in [0.29, 0.717) is 18.5 Å². The molecule has 0 saturated carbocycles. The number of piperidine rings is 1. The molecule has 118 valence electrons. The monoisotopic (exact) mass is 300 g/mol. The molecule has 0 radical (unpaired) electrons. The smallest absolute Gasteiger partial charge is 0.196 e. The highest BCUT2D eigenvalue weighted by Crippen LogP contribution is 2.32. The third-order valence-corrected chi connectivity index (χ3v) is 4.55. The Bertz CT molecular complexity index is 493. The van der Waals surface area contributed by atoms with Crippen LogP contribution in [0.3, 0.4) is 0 Å². The summed E-state index contributed by atoms with van der Waals surface area (Å²) in [6, 6.07) is 2.76. The number of benzene rings is 1. The molecule has 0 bridgehead atoms. The zero-order chi connectivity index (χ0) is 15.6. The lowest BCUT2D eigenvalue weighted by molar-refractivity contribution is 0.269. The minimum Gasteiger partial charge on any atom is -0.366 e. The van der Waals surface area contributed by atoms with Crippen molar-refractivity contribution in [2.24, 2.45) is 5.92 Å². The summed E-state index contributed by atoms with van der Waals surface area (Å²) >= 11 is 0. The first-order valence-electron chi connectivity index (χ1n) is 7.60. The van der Waals surface area contributed by atoms with Gasteiger partial charge in [0.05, 0.1) is 5.69 Å². The quantitative estimate of drug-likeness (QED) is 0.853. The van der Waals surface area contributed by atoms with E-state index < -0.39 is 17.5 Å². The maximum absolute atomic E-state index is 14.0. The van der Waals surface area contributed by atoms with Crippen LogP contribution in [0.2, 0.25) is 0 Å². The third kappa shape index (κ3) is 3.18. The molecule has 0 aromatic heterocycles. The largest absolute Gasteiger partial charge is 0.366 e. The molecule has 1 heterocycles. The fourth-order valence-corrected chi connectivity index (χ4v) is 3.06. The van der Waals surface area contributed by atoms with Crippen LogP contribution in [0.1, 0.15) is 33.6 Å². The standard InChI is InChI=1S/C16H23F3N2/c1-4-8-20-13-7-9-21(11(3)10(13)2)14-6-5-12(17)15(18)16(14)19/h5-6,10-11,13,20H,4,7-9H2,1-3H3. The Kier molecular flexibility index (Phi) is 5.14. The number of anilines is 1. The van der Waals surface area contributed by atoms with Crippen LogP contribution >= 0.6 is 0 Å². The van der Waals surface area contributed by atoms with Gasteiger partial charge < -0.3 is 10.2 Å². The summed E-state index contributed by atoms with van der Waals surface area (Å²) in [7, 11) is 0. The fraction of sp³-hybridized carbons (Fsp3) is 0.625. The second-order valence-corrected chi connectivity index (χ2v) is 5.84. The highest BCUT2D eigenvalue weighted by atomic mass is 19.2. The predicted octanol–water partition coefficient (Wildman–Crippen LogP) is 3.71. The van der Waals surface area contributed by atoms with Gasteiger partial charge in [-0.2, -0.15) is 0 Å². The van der Waals surface area contributed by atoms with E-state index in [1.165, 1.54) is 6.07 Å². The van der Waals surface area contributed by atoms with Crippen molar-refractivity contribution in [1.29, 1.82) is 0 Å². The van der Waals surface area contributed by atoms with Crippen LogP contribution in [0.5, 0.6) is 0 Å². The van der Waals surface area contributed by atoms with E-state index in [1.807, 2.05) is 11.8 Å². The molecule has 1 aromatic rings. The van der Waals surface area contributed by atoms with E-state index in [2.05, 4.69) is 19.2 Å². The minimum atomic E-state index is -1.39. The summed E-state index contributed by atoms with van der Waals surface area (Å²) in [5, 5.41) is 3.50. The van der Waals surface area contributed by atoms with Crippen molar-refractivity contribution in [2.75, 3.05) is 18.0 Å². The Morgan fingerprint density at radius 2 is 1.90 bits per heavy atom. The van der Waals surface area contributed by atoms with E-state index >= 15 is 0 Å². The molecule has 5 heteroatoms. The minimum absolute atomic E-state index is 0.0625. The molecule has 1 N–H and O–H groups in total. The van der Waals surface area contributed by atoms with Gasteiger partial charge in [-0.3, -0.25) is 0 Å². The second kappa shape index (κ2) is 6.69. The van der Waals surface area contributed by atoms with Gasteiger partial charge in [0.25, 0.3) is 0 Å². The van der Waals surface area contributed by atoms with Gasteiger partial charge in [-0.1, -0.05) is 13.8 Å². The summed E-state index contributed by atoms with van der Waals surface area (Å²) in [4.78, 5) is 1.84. The average molecular weight is 300 g/mol. The van der Waals surface area contributed by atoms with Crippen molar-refractivity contribution >= 4 is 5.69 Å². The SMILES string of the molecule is CCCNC1CCN(c2ccc(F)c(F)c2F)C(C)C1C. The first-order chi connectivity index (χ1) is 9.97. The topological polar surface area (TPSA) is 15.3 Å². The molecule has 1 aliphatic heterocycles. The van der Waals surface area contributed by atoms with Crippen LogP contribution in [0.25, 0.3) is 0 Å². The number of nitrogens with one attached hydrogen (secondary N) is 1. The summed E-state index contributed by atoms with van der Waals surface area (Å²) in [5.41, 5.74) is 0.155. The lowest BCUT2D eigenvalue weighted by atomic mass is 9.86. The molecule has 1 aliphatic rings. The molecular weight excluding hydrogens is 277 g/mol. The van der Waals surface area contributed by atoms with Crippen molar-refractivity contribution in [3.8, 4) is 0 Å². The number of rotatable bonds is 4. The van der Waals surface area contributed by atoms with Gasteiger partial charge in [0, 0.05) is 18.6 Å². The number of hydrogen-bond donors (Lipinski definition) is 1. The van der Waals surface area contributed by atoms with E-state index in [0.717, 1.165) is 25.5 Å². The molecule has 0 aliphatic carbocycles. The Balaban J connectivity index is 2.18. The highest BCUT2D eigenvalue weighted by molar-refractivity contribution is 5.50. The van der Waals surface area contributed by atoms with Crippen molar-refractivity contribution in [2.45, 2.75) is 45.7 Å². The first kappa shape index (κ1) is 16.1. The Labute approximate surface area is 124 Å². The summed E-state index contributed by atoms with van der Waals surface area (Å²) in [5.74, 6) is -3.32. The van der Waals surface area contributed by atoms with Crippen LogP contribution in [-0.4, -0.2) is 25.2 Å². The molecule has 0 spiro atoms. The first-order valence-corrected chi connectivity index (χ1v) is 7.60. The second-order valence-electron chi connectivity index (χ2n) is 5.84. The molecule has 3 atom stereocenters. The van der Waals surface area contributed by atoms with Gasteiger partial charge in [0.2, 0.25) is 0 Å². The molecule has 3 unspecified atom stereocenters. The van der Waals surface area contributed by atoms with Crippen LogP contribution in [-0.2, 0) is 0 Å². The fourth-order valence-electron chi connectivity index (χ4n) is 3.06. The normalized spacial score (nSPS) is 26.2. The van der Waals surface area contributed by atoms with Gasteiger partial charge in [-0.25, -0.2) is 13.2 Å². The molecule has 1 saturated heterocycles. The Morgan fingerprint density at radius 1 is 1.19 bits per heavy atom. The number of halogens is 3. The third-order valence-electron chi connectivity index (χ3n) is 4.55.